The minimum absolute atomic E-state index is 0.681. The molecule has 0 saturated carbocycles. The first-order valence-electron chi connectivity index (χ1n) is 14.8. The van der Waals surface area contributed by atoms with Gasteiger partial charge in [-0.05, 0) is 46.5 Å². The van der Waals surface area contributed by atoms with Crippen molar-refractivity contribution in [3.05, 3.63) is 140 Å². The molecule has 10 aromatic rings. The minimum atomic E-state index is 0.681. The highest BCUT2D eigenvalue weighted by molar-refractivity contribution is 7.26. The van der Waals surface area contributed by atoms with Crippen molar-refractivity contribution < 1.29 is 0 Å². The van der Waals surface area contributed by atoms with Crippen molar-refractivity contribution in [2.75, 3.05) is 0 Å². The van der Waals surface area contributed by atoms with Crippen LogP contribution in [0.5, 0.6) is 0 Å². The van der Waals surface area contributed by atoms with E-state index in [1.807, 2.05) is 23.5 Å². The van der Waals surface area contributed by atoms with Crippen molar-refractivity contribution in [3.8, 4) is 17.2 Å². The maximum Gasteiger partial charge on any atom is 0.235 e. The highest BCUT2D eigenvalue weighted by atomic mass is 32.1. The van der Waals surface area contributed by atoms with Crippen LogP contribution < -0.4 is 0 Å². The van der Waals surface area contributed by atoms with Crippen LogP contribution in [0.25, 0.3) is 91.6 Å². The highest BCUT2D eigenvalue weighted by Gasteiger charge is 2.19. The van der Waals surface area contributed by atoms with Gasteiger partial charge in [-0.2, -0.15) is 0 Å². The fourth-order valence-electron chi connectivity index (χ4n) is 6.98. The van der Waals surface area contributed by atoms with Gasteiger partial charge in [-0.3, -0.25) is 4.57 Å². The molecule has 3 nitrogen and oxygen atoms in total. The first-order chi connectivity index (χ1) is 21.8. The molecule has 44 heavy (non-hydrogen) atoms. The summed E-state index contributed by atoms with van der Waals surface area (Å²) < 4.78 is 4.92. The van der Waals surface area contributed by atoms with Gasteiger partial charge < -0.3 is 0 Å². The van der Waals surface area contributed by atoms with Crippen LogP contribution in [-0.4, -0.2) is 14.5 Å². The Morgan fingerprint density at radius 1 is 0.455 bits per heavy atom. The average Bonchev–Trinajstić information content (AvgIpc) is 3.63. The third kappa shape index (κ3) is 3.31. The summed E-state index contributed by atoms with van der Waals surface area (Å²) in [5.74, 6) is 0.681. The smallest absolute Gasteiger partial charge is 0.235 e. The second kappa shape index (κ2) is 8.96. The van der Waals surface area contributed by atoms with Crippen molar-refractivity contribution in [2.24, 2.45) is 0 Å². The second-order valence-corrected chi connectivity index (χ2v) is 12.5. The van der Waals surface area contributed by atoms with E-state index in [-0.39, 0.29) is 0 Å². The number of hydrogen-bond acceptors (Lipinski definition) is 3. The van der Waals surface area contributed by atoms with Gasteiger partial charge in [-0.25, -0.2) is 9.97 Å². The SMILES string of the molecule is c1ccc(-c2nc(-n3c4ccccc4c4cc5c(ccc6c5ccc5c7ccccc7sc56)cc43)nc3ccccc23)cc1. The molecule has 7 aromatic carbocycles. The quantitative estimate of drug-likeness (QED) is 0.191. The molecular formula is C40H23N3S. The minimum Gasteiger partial charge on any atom is -0.278 e. The molecule has 4 heteroatoms. The fourth-order valence-corrected chi connectivity index (χ4v) is 8.21. The zero-order valence-electron chi connectivity index (χ0n) is 23.5. The molecule has 0 atom stereocenters. The number of hydrogen-bond donors (Lipinski definition) is 0. The Morgan fingerprint density at radius 3 is 2.07 bits per heavy atom. The van der Waals surface area contributed by atoms with Gasteiger partial charge in [0.15, 0.2) is 0 Å². The maximum atomic E-state index is 5.25. The largest absolute Gasteiger partial charge is 0.278 e. The van der Waals surface area contributed by atoms with Crippen molar-refractivity contribution in [1.82, 2.24) is 14.5 Å². The molecule has 3 heterocycles. The lowest BCUT2D eigenvalue weighted by Crippen LogP contribution is -2.03. The van der Waals surface area contributed by atoms with Crippen molar-refractivity contribution in [3.63, 3.8) is 0 Å². The molecule has 0 radical (unpaired) electrons. The molecule has 0 aliphatic rings. The fraction of sp³-hybridized carbons (Fsp3) is 0. The van der Waals surface area contributed by atoms with Gasteiger partial charge in [0.2, 0.25) is 5.95 Å². The van der Waals surface area contributed by atoms with Gasteiger partial charge in [0.1, 0.15) is 0 Å². The molecule has 0 spiro atoms. The van der Waals surface area contributed by atoms with Crippen LogP contribution in [0.2, 0.25) is 0 Å². The Hall–Kier alpha value is -5.58. The van der Waals surface area contributed by atoms with Crippen molar-refractivity contribution >= 4 is 85.8 Å². The summed E-state index contributed by atoms with van der Waals surface area (Å²) in [5, 5.41) is 11.2. The molecule has 0 N–H and O–H groups in total. The zero-order valence-corrected chi connectivity index (χ0v) is 24.3. The lowest BCUT2D eigenvalue weighted by molar-refractivity contribution is 1.01. The molecule has 0 saturated heterocycles. The first kappa shape index (κ1) is 23.9. The van der Waals surface area contributed by atoms with Crippen LogP contribution in [-0.2, 0) is 0 Å². The summed E-state index contributed by atoms with van der Waals surface area (Å²) in [4.78, 5) is 10.4. The number of fused-ring (bicyclic) bond motifs is 11. The van der Waals surface area contributed by atoms with Crippen LogP contribution in [0.1, 0.15) is 0 Å². The van der Waals surface area contributed by atoms with E-state index in [0.717, 1.165) is 33.2 Å². The van der Waals surface area contributed by atoms with Crippen LogP contribution in [0.3, 0.4) is 0 Å². The number of rotatable bonds is 2. The monoisotopic (exact) mass is 577 g/mol. The number of thiophene rings is 1. The summed E-state index contributed by atoms with van der Waals surface area (Å²) in [6.45, 7) is 0. The van der Waals surface area contributed by atoms with Gasteiger partial charge in [0, 0.05) is 47.3 Å². The van der Waals surface area contributed by atoms with E-state index in [4.69, 9.17) is 9.97 Å². The third-order valence-electron chi connectivity index (χ3n) is 8.99. The van der Waals surface area contributed by atoms with Gasteiger partial charge in [-0.1, -0.05) is 109 Å². The van der Waals surface area contributed by atoms with Crippen molar-refractivity contribution in [2.45, 2.75) is 0 Å². The standard InChI is InChI=1S/C40H23N3S/c1-2-10-24(11-3-1)38-31-14-4-7-15-34(31)41-40(42-38)43-35-16-8-5-12-27(35)33-23-32-25(22-36(33)43)18-19-29-26(32)20-21-30-28-13-6-9-17-37(28)44-39(29)30/h1-23H. The Balaban J connectivity index is 1.30. The van der Waals surface area contributed by atoms with Gasteiger partial charge in [0.25, 0.3) is 0 Å². The van der Waals surface area contributed by atoms with Crippen LogP contribution in [0.15, 0.2) is 140 Å². The molecule has 0 fully saturated rings. The van der Waals surface area contributed by atoms with Crippen molar-refractivity contribution in [1.29, 1.82) is 0 Å². The average molecular weight is 578 g/mol. The molecule has 0 aliphatic heterocycles. The predicted molar refractivity (Wildman–Crippen MR) is 187 cm³/mol. The summed E-state index contributed by atoms with van der Waals surface area (Å²) in [6.07, 6.45) is 0. The Bertz CT molecular complexity index is 2770. The van der Waals surface area contributed by atoms with Gasteiger partial charge in [0.05, 0.1) is 22.2 Å². The number of aromatic nitrogens is 3. The lowest BCUT2D eigenvalue weighted by atomic mass is 9.98. The summed E-state index contributed by atoms with van der Waals surface area (Å²) in [5.41, 5.74) is 5.16. The van der Waals surface area contributed by atoms with Crippen LogP contribution >= 0.6 is 11.3 Å². The van der Waals surface area contributed by atoms with Gasteiger partial charge in [-0.15, -0.1) is 11.3 Å². The lowest BCUT2D eigenvalue weighted by Gasteiger charge is -2.12. The maximum absolute atomic E-state index is 5.25. The molecule has 0 aliphatic carbocycles. The zero-order chi connectivity index (χ0) is 28.8. The normalized spacial score (nSPS) is 12.1. The van der Waals surface area contributed by atoms with E-state index in [2.05, 4.69) is 132 Å². The molecule has 0 bridgehead atoms. The first-order valence-corrected chi connectivity index (χ1v) is 15.7. The van der Waals surface area contributed by atoms with E-state index in [1.165, 1.54) is 52.5 Å². The summed E-state index contributed by atoms with van der Waals surface area (Å²) in [6, 6.07) is 49.9. The molecule has 3 aromatic heterocycles. The summed E-state index contributed by atoms with van der Waals surface area (Å²) >= 11 is 1.89. The van der Waals surface area contributed by atoms with Gasteiger partial charge >= 0.3 is 0 Å². The van der Waals surface area contributed by atoms with E-state index in [0.29, 0.717) is 5.95 Å². The Morgan fingerprint density at radius 2 is 1.16 bits per heavy atom. The van der Waals surface area contributed by atoms with E-state index < -0.39 is 0 Å². The number of nitrogens with zero attached hydrogens (tertiary/aromatic N) is 3. The molecule has 10 rings (SSSR count). The van der Waals surface area contributed by atoms with E-state index >= 15 is 0 Å². The van der Waals surface area contributed by atoms with Crippen LogP contribution in [0, 0.1) is 0 Å². The molecule has 204 valence electrons. The third-order valence-corrected chi connectivity index (χ3v) is 10.2. The van der Waals surface area contributed by atoms with Crippen LogP contribution in [0.4, 0.5) is 0 Å². The Labute approximate surface area is 256 Å². The van der Waals surface area contributed by atoms with E-state index in [1.54, 1.807) is 0 Å². The molecular weight excluding hydrogens is 555 g/mol. The topological polar surface area (TPSA) is 30.7 Å². The molecule has 0 amide bonds. The Kier molecular flexibility index (Phi) is 4.87. The molecule has 0 unspecified atom stereocenters. The second-order valence-electron chi connectivity index (χ2n) is 11.4. The number of para-hydroxylation sites is 2. The number of benzene rings is 7. The predicted octanol–water partition coefficient (Wildman–Crippen LogP) is 11.1. The van der Waals surface area contributed by atoms with E-state index in [9.17, 15) is 0 Å². The summed E-state index contributed by atoms with van der Waals surface area (Å²) in [7, 11) is 0. The highest BCUT2D eigenvalue weighted by Crippen LogP contribution is 2.42.